The molecule has 2 rings (SSSR count). The molecule has 0 aliphatic heterocycles. The van der Waals surface area contributed by atoms with Crippen molar-refractivity contribution in [1.82, 2.24) is 9.97 Å². The molecule has 1 heterocycles. The van der Waals surface area contributed by atoms with Crippen molar-refractivity contribution in [2.75, 3.05) is 0 Å². The minimum atomic E-state index is 0.646. The van der Waals surface area contributed by atoms with Crippen LogP contribution < -0.4 is 0 Å². The van der Waals surface area contributed by atoms with Gasteiger partial charge >= 0.3 is 0 Å². The Morgan fingerprint density at radius 3 is 2.71 bits per heavy atom. The fourth-order valence-corrected chi connectivity index (χ4v) is 2.51. The van der Waals surface area contributed by atoms with Gasteiger partial charge in [-0.05, 0) is 44.6 Å². The Kier molecular flexibility index (Phi) is 2.53. The zero-order valence-electron chi connectivity index (χ0n) is 9.30. The molecule has 1 atom stereocenters. The number of aryl methyl sites for hydroxylation is 3. The number of nitrogens with zero attached hydrogens (tertiary/aromatic N) is 2. The van der Waals surface area contributed by atoms with Crippen LogP contribution in [0.15, 0.2) is 0 Å². The predicted molar refractivity (Wildman–Crippen MR) is 57.5 cm³/mol. The Balaban J connectivity index is 2.53. The third kappa shape index (κ3) is 1.66. The van der Waals surface area contributed by atoms with Crippen LogP contribution in [0.1, 0.15) is 54.9 Å². The molecule has 0 bridgehead atoms. The number of fused-ring (bicyclic) bond motifs is 1. The summed E-state index contributed by atoms with van der Waals surface area (Å²) in [6.07, 6.45) is 5.05. The highest BCUT2D eigenvalue weighted by molar-refractivity contribution is 5.29. The molecule has 0 N–H and O–H groups in total. The van der Waals surface area contributed by atoms with E-state index in [1.54, 1.807) is 0 Å². The average molecular weight is 190 g/mol. The van der Waals surface area contributed by atoms with Gasteiger partial charge in [0.05, 0.1) is 0 Å². The molecule has 0 amide bonds. The summed E-state index contributed by atoms with van der Waals surface area (Å²) in [7, 11) is 0. The number of aromatic nitrogens is 2. The van der Waals surface area contributed by atoms with E-state index in [1.165, 1.54) is 36.2 Å². The molecule has 1 aliphatic rings. The maximum atomic E-state index is 4.57. The van der Waals surface area contributed by atoms with Crippen LogP contribution >= 0.6 is 0 Å². The van der Waals surface area contributed by atoms with Crippen LogP contribution in [0.4, 0.5) is 0 Å². The molecule has 0 radical (unpaired) electrons. The van der Waals surface area contributed by atoms with Gasteiger partial charge in [0.25, 0.3) is 0 Å². The monoisotopic (exact) mass is 190 g/mol. The fourth-order valence-electron chi connectivity index (χ4n) is 2.51. The summed E-state index contributed by atoms with van der Waals surface area (Å²) in [6.45, 7) is 6.41. The van der Waals surface area contributed by atoms with Crippen LogP contribution in [0.25, 0.3) is 0 Å². The van der Waals surface area contributed by atoms with E-state index in [0.717, 1.165) is 12.2 Å². The molecule has 1 aromatic rings. The van der Waals surface area contributed by atoms with E-state index in [0.29, 0.717) is 5.92 Å². The van der Waals surface area contributed by atoms with Crippen LogP contribution in [0.5, 0.6) is 0 Å². The van der Waals surface area contributed by atoms with Crippen LogP contribution in [-0.2, 0) is 6.42 Å². The molecule has 0 saturated carbocycles. The first-order chi connectivity index (χ1) is 6.68. The fraction of sp³-hybridized carbons (Fsp3) is 0.667. The van der Waals surface area contributed by atoms with Crippen molar-refractivity contribution < 1.29 is 0 Å². The second-order valence-electron chi connectivity index (χ2n) is 4.36. The summed E-state index contributed by atoms with van der Waals surface area (Å²) < 4.78 is 0. The first-order valence-corrected chi connectivity index (χ1v) is 5.52. The molecule has 0 fully saturated rings. The maximum Gasteiger partial charge on any atom is 0.125 e. The van der Waals surface area contributed by atoms with Crippen molar-refractivity contribution in [3.8, 4) is 0 Å². The molecule has 1 unspecified atom stereocenters. The lowest BCUT2D eigenvalue weighted by Gasteiger charge is -2.14. The lowest BCUT2D eigenvalue weighted by atomic mass is 9.96. The lowest BCUT2D eigenvalue weighted by molar-refractivity contribution is 0.631. The number of hydrogen-bond acceptors (Lipinski definition) is 2. The summed E-state index contributed by atoms with van der Waals surface area (Å²) >= 11 is 0. The smallest absolute Gasteiger partial charge is 0.125 e. The second kappa shape index (κ2) is 3.68. The summed E-state index contributed by atoms with van der Waals surface area (Å²) in [6, 6.07) is 0. The molecule has 2 heteroatoms. The van der Waals surface area contributed by atoms with Crippen LogP contribution in [0.3, 0.4) is 0 Å². The van der Waals surface area contributed by atoms with Crippen molar-refractivity contribution in [2.45, 2.75) is 52.4 Å². The molecular formula is C12H18N2. The van der Waals surface area contributed by atoms with Gasteiger partial charge in [-0.25, -0.2) is 9.97 Å². The Morgan fingerprint density at radius 2 is 1.93 bits per heavy atom. The van der Waals surface area contributed by atoms with Gasteiger partial charge in [-0.15, -0.1) is 0 Å². The molecule has 76 valence electrons. The summed E-state index contributed by atoms with van der Waals surface area (Å²) in [4.78, 5) is 9.04. The SMILES string of the molecule is Cc1nc(C)c2c(n1)CCCCC2C. The van der Waals surface area contributed by atoms with Crippen molar-refractivity contribution >= 4 is 0 Å². The summed E-state index contributed by atoms with van der Waals surface area (Å²) in [5.74, 6) is 1.57. The van der Waals surface area contributed by atoms with E-state index < -0.39 is 0 Å². The van der Waals surface area contributed by atoms with Crippen LogP contribution in [0, 0.1) is 13.8 Å². The van der Waals surface area contributed by atoms with E-state index in [1.807, 2.05) is 6.92 Å². The Labute approximate surface area is 85.8 Å². The largest absolute Gasteiger partial charge is 0.238 e. The van der Waals surface area contributed by atoms with Gasteiger partial charge in [0.15, 0.2) is 0 Å². The van der Waals surface area contributed by atoms with Gasteiger partial charge in [-0.1, -0.05) is 13.3 Å². The highest BCUT2D eigenvalue weighted by atomic mass is 14.9. The van der Waals surface area contributed by atoms with Crippen molar-refractivity contribution in [3.63, 3.8) is 0 Å². The van der Waals surface area contributed by atoms with E-state index in [-0.39, 0.29) is 0 Å². The molecule has 1 aliphatic carbocycles. The first-order valence-electron chi connectivity index (χ1n) is 5.52. The van der Waals surface area contributed by atoms with Crippen molar-refractivity contribution in [1.29, 1.82) is 0 Å². The third-order valence-electron chi connectivity index (χ3n) is 3.12. The number of rotatable bonds is 0. The van der Waals surface area contributed by atoms with Gasteiger partial charge in [0, 0.05) is 11.4 Å². The topological polar surface area (TPSA) is 25.8 Å². The zero-order valence-corrected chi connectivity index (χ0v) is 9.30. The maximum absolute atomic E-state index is 4.57. The molecule has 0 aromatic carbocycles. The first kappa shape index (κ1) is 9.63. The van der Waals surface area contributed by atoms with Gasteiger partial charge in [0.1, 0.15) is 5.82 Å². The normalized spacial score (nSPS) is 21.5. The van der Waals surface area contributed by atoms with Gasteiger partial charge in [0.2, 0.25) is 0 Å². The summed E-state index contributed by atoms with van der Waals surface area (Å²) in [5, 5.41) is 0. The Morgan fingerprint density at radius 1 is 1.14 bits per heavy atom. The highest BCUT2D eigenvalue weighted by Crippen LogP contribution is 2.30. The van der Waals surface area contributed by atoms with E-state index in [9.17, 15) is 0 Å². The molecule has 0 saturated heterocycles. The average Bonchev–Trinajstić information content (AvgIpc) is 2.27. The molecular weight excluding hydrogens is 172 g/mol. The third-order valence-corrected chi connectivity index (χ3v) is 3.12. The molecule has 1 aromatic heterocycles. The molecule has 0 spiro atoms. The second-order valence-corrected chi connectivity index (χ2v) is 4.36. The van der Waals surface area contributed by atoms with Crippen molar-refractivity contribution in [2.24, 2.45) is 0 Å². The van der Waals surface area contributed by atoms with Gasteiger partial charge in [-0.2, -0.15) is 0 Å². The predicted octanol–water partition coefficient (Wildman–Crippen LogP) is 2.92. The van der Waals surface area contributed by atoms with E-state index in [4.69, 9.17) is 0 Å². The number of hydrogen-bond donors (Lipinski definition) is 0. The van der Waals surface area contributed by atoms with Gasteiger partial charge < -0.3 is 0 Å². The van der Waals surface area contributed by atoms with Crippen LogP contribution in [-0.4, -0.2) is 9.97 Å². The molecule has 2 nitrogen and oxygen atoms in total. The quantitative estimate of drug-likeness (QED) is 0.588. The van der Waals surface area contributed by atoms with E-state index in [2.05, 4.69) is 23.8 Å². The standard InChI is InChI=1S/C12H18N2/c1-8-6-4-5-7-11-12(8)9(2)13-10(3)14-11/h8H,4-7H2,1-3H3. The zero-order chi connectivity index (χ0) is 10.1. The Bertz CT molecular complexity index is 344. The van der Waals surface area contributed by atoms with Crippen molar-refractivity contribution in [3.05, 3.63) is 22.8 Å². The highest BCUT2D eigenvalue weighted by Gasteiger charge is 2.18. The molecule has 14 heavy (non-hydrogen) atoms. The summed E-state index contributed by atoms with van der Waals surface area (Å²) in [5.41, 5.74) is 3.93. The van der Waals surface area contributed by atoms with Gasteiger partial charge in [-0.3, -0.25) is 0 Å². The lowest BCUT2D eigenvalue weighted by Crippen LogP contribution is -2.06. The van der Waals surface area contributed by atoms with Crippen LogP contribution in [0.2, 0.25) is 0 Å². The minimum absolute atomic E-state index is 0.646. The Hall–Kier alpha value is -0.920. The minimum Gasteiger partial charge on any atom is -0.238 e. The van der Waals surface area contributed by atoms with E-state index >= 15 is 0 Å².